The van der Waals surface area contributed by atoms with Crippen LogP contribution in [0.3, 0.4) is 0 Å². The molecule has 0 aliphatic carbocycles. The van der Waals surface area contributed by atoms with Gasteiger partial charge in [0.2, 0.25) is 0 Å². The van der Waals surface area contributed by atoms with Gasteiger partial charge in [0.25, 0.3) is 0 Å². The fourth-order valence-corrected chi connectivity index (χ4v) is 1.18. The molecule has 1 aromatic rings. The molecule has 0 fully saturated rings. The van der Waals surface area contributed by atoms with Crippen molar-refractivity contribution in [2.45, 2.75) is 13.8 Å². The van der Waals surface area contributed by atoms with E-state index in [1.165, 1.54) is 0 Å². The Balaban J connectivity index is 2.47. The number of urea groups is 1. The molecule has 5 heteroatoms. The predicted octanol–water partition coefficient (Wildman–Crippen LogP) is 1.70. The quantitative estimate of drug-likeness (QED) is 0.757. The molecule has 1 aromatic carbocycles. The summed E-state index contributed by atoms with van der Waals surface area (Å²) in [5.74, 6) is 0. The minimum absolute atomic E-state index is 0.00411. The summed E-state index contributed by atoms with van der Waals surface area (Å²) < 4.78 is 0. The zero-order valence-electron chi connectivity index (χ0n) is 10.5. The van der Waals surface area contributed by atoms with Gasteiger partial charge >= 0.3 is 6.03 Å². The van der Waals surface area contributed by atoms with Crippen molar-refractivity contribution in [3.63, 3.8) is 0 Å². The van der Waals surface area contributed by atoms with E-state index in [1.807, 2.05) is 19.9 Å². The van der Waals surface area contributed by atoms with E-state index in [1.54, 1.807) is 24.3 Å². The van der Waals surface area contributed by atoms with Gasteiger partial charge in [-0.3, -0.25) is 0 Å². The average Bonchev–Trinajstić information content (AvgIpc) is 2.37. The number of aliphatic hydroxyl groups excluding tert-OH is 1. The predicted molar refractivity (Wildman–Crippen MR) is 69.0 cm³/mol. The summed E-state index contributed by atoms with van der Waals surface area (Å²) in [7, 11) is 0. The van der Waals surface area contributed by atoms with Crippen LogP contribution in [0.25, 0.3) is 0 Å². The highest BCUT2D eigenvalue weighted by Gasteiger charge is 2.17. The first-order chi connectivity index (χ1) is 8.46. The second-order valence-corrected chi connectivity index (χ2v) is 4.82. The lowest BCUT2D eigenvalue weighted by Crippen LogP contribution is -2.38. The second kappa shape index (κ2) is 6.03. The van der Waals surface area contributed by atoms with E-state index in [-0.39, 0.29) is 18.1 Å². The molecular formula is C13H17N3O2. The number of benzene rings is 1. The highest BCUT2D eigenvalue weighted by atomic mass is 16.3. The van der Waals surface area contributed by atoms with Gasteiger partial charge in [-0.2, -0.15) is 5.26 Å². The lowest BCUT2D eigenvalue weighted by molar-refractivity contribution is 0.158. The number of nitriles is 1. The molecule has 0 radical (unpaired) electrons. The van der Waals surface area contributed by atoms with Crippen molar-refractivity contribution < 1.29 is 9.90 Å². The van der Waals surface area contributed by atoms with Crippen molar-refractivity contribution in [1.29, 1.82) is 5.26 Å². The number of carbonyl (C=O) groups excluding carboxylic acids is 1. The third-order valence-corrected chi connectivity index (χ3v) is 2.43. The van der Waals surface area contributed by atoms with Crippen molar-refractivity contribution >= 4 is 11.7 Å². The molecule has 0 heterocycles. The maximum atomic E-state index is 11.6. The smallest absolute Gasteiger partial charge is 0.319 e. The molecule has 0 aliphatic rings. The van der Waals surface area contributed by atoms with Gasteiger partial charge < -0.3 is 15.7 Å². The topological polar surface area (TPSA) is 85.2 Å². The Bertz CT molecular complexity index is 446. The summed E-state index contributed by atoms with van der Waals surface area (Å²) in [6.45, 7) is 4.10. The fourth-order valence-electron chi connectivity index (χ4n) is 1.18. The number of aliphatic hydroxyl groups is 1. The van der Waals surface area contributed by atoms with Crippen LogP contribution < -0.4 is 10.6 Å². The van der Waals surface area contributed by atoms with Gasteiger partial charge in [0.1, 0.15) is 0 Å². The summed E-state index contributed by atoms with van der Waals surface area (Å²) in [6.07, 6.45) is 0. The van der Waals surface area contributed by atoms with Gasteiger partial charge in [-0.05, 0) is 24.3 Å². The standard InChI is InChI=1S/C13H17N3O2/c1-13(2,9-17)8-15-12(18)16-11-5-3-10(7-14)4-6-11/h3-6,17H,8-9H2,1-2H3,(H2,15,16,18). The van der Waals surface area contributed by atoms with Crippen molar-refractivity contribution in [1.82, 2.24) is 5.32 Å². The Morgan fingerprint density at radius 3 is 2.50 bits per heavy atom. The maximum Gasteiger partial charge on any atom is 0.319 e. The Morgan fingerprint density at radius 1 is 1.39 bits per heavy atom. The Morgan fingerprint density at radius 2 is 2.00 bits per heavy atom. The van der Waals surface area contributed by atoms with Crippen LogP contribution in [-0.2, 0) is 0 Å². The molecule has 3 N–H and O–H groups in total. The molecule has 1 rings (SSSR count). The first-order valence-electron chi connectivity index (χ1n) is 5.63. The van der Waals surface area contributed by atoms with Crippen LogP contribution in [0.1, 0.15) is 19.4 Å². The summed E-state index contributed by atoms with van der Waals surface area (Å²) in [6, 6.07) is 8.26. The zero-order valence-corrected chi connectivity index (χ0v) is 10.5. The van der Waals surface area contributed by atoms with Gasteiger partial charge in [0.15, 0.2) is 0 Å². The molecule has 0 spiro atoms. The van der Waals surface area contributed by atoms with Gasteiger partial charge in [0, 0.05) is 24.3 Å². The van der Waals surface area contributed by atoms with Crippen LogP contribution in [0, 0.1) is 16.7 Å². The van der Waals surface area contributed by atoms with Gasteiger partial charge in [0.05, 0.1) is 11.6 Å². The average molecular weight is 247 g/mol. The number of hydrogen-bond donors (Lipinski definition) is 3. The number of anilines is 1. The number of hydrogen-bond acceptors (Lipinski definition) is 3. The van der Waals surface area contributed by atoms with Crippen LogP contribution in [0.15, 0.2) is 24.3 Å². The Hall–Kier alpha value is -2.06. The van der Waals surface area contributed by atoms with E-state index < -0.39 is 0 Å². The third kappa shape index (κ3) is 4.44. The molecule has 0 bridgehead atoms. The van der Waals surface area contributed by atoms with Gasteiger partial charge in [-0.15, -0.1) is 0 Å². The Kier molecular flexibility index (Phi) is 4.69. The van der Waals surface area contributed by atoms with Crippen molar-refractivity contribution in [2.75, 3.05) is 18.5 Å². The summed E-state index contributed by atoms with van der Waals surface area (Å²) in [5.41, 5.74) is 0.817. The van der Waals surface area contributed by atoms with Crippen LogP contribution in [0.5, 0.6) is 0 Å². The van der Waals surface area contributed by atoms with E-state index >= 15 is 0 Å². The lowest BCUT2D eigenvalue weighted by atomic mass is 9.95. The molecule has 18 heavy (non-hydrogen) atoms. The Labute approximate surface area is 106 Å². The number of amides is 2. The molecule has 0 atom stereocenters. The fraction of sp³-hybridized carbons (Fsp3) is 0.385. The molecule has 0 unspecified atom stereocenters. The summed E-state index contributed by atoms with van der Waals surface area (Å²) in [5, 5.41) is 23.0. The third-order valence-electron chi connectivity index (χ3n) is 2.43. The van der Waals surface area contributed by atoms with Crippen LogP contribution in [-0.4, -0.2) is 24.3 Å². The SMILES string of the molecule is CC(C)(CO)CNC(=O)Nc1ccc(C#N)cc1. The van der Waals surface area contributed by atoms with E-state index in [9.17, 15) is 4.79 Å². The number of nitrogens with one attached hydrogen (secondary N) is 2. The van der Waals surface area contributed by atoms with Crippen LogP contribution in [0.4, 0.5) is 10.5 Å². The first kappa shape index (κ1) is 14.0. The van der Waals surface area contributed by atoms with Crippen LogP contribution in [0.2, 0.25) is 0 Å². The molecule has 0 aliphatic heterocycles. The number of rotatable bonds is 4. The molecule has 96 valence electrons. The van der Waals surface area contributed by atoms with Gasteiger partial charge in [-0.1, -0.05) is 13.8 Å². The number of carbonyl (C=O) groups is 1. The molecule has 5 nitrogen and oxygen atoms in total. The van der Waals surface area contributed by atoms with Crippen molar-refractivity contribution in [3.8, 4) is 6.07 Å². The highest BCUT2D eigenvalue weighted by Crippen LogP contribution is 2.12. The second-order valence-electron chi connectivity index (χ2n) is 4.82. The first-order valence-corrected chi connectivity index (χ1v) is 5.63. The van der Waals surface area contributed by atoms with Crippen LogP contribution >= 0.6 is 0 Å². The van der Waals surface area contributed by atoms with Gasteiger partial charge in [-0.25, -0.2) is 4.79 Å². The minimum atomic E-state index is -0.345. The molecule has 2 amide bonds. The van der Waals surface area contributed by atoms with Crippen molar-refractivity contribution in [2.24, 2.45) is 5.41 Å². The molecule has 0 saturated heterocycles. The van der Waals surface area contributed by atoms with E-state index in [0.29, 0.717) is 17.8 Å². The van der Waals surface area contributed by atoms with E-state index in [2.05, 4.69) is 10.6 Å². The monoisotopic (exact) mass is 247 g/mol. The van der Waals surface area contributed by atoms with E-state index in [4.69, 9.17) is 10.4 Å². The summed E-state index contributed by atoms with van der Waals surface area (Å²) in [4.78, 5) is 11.6. The normalized spacial score (nSPS) is 10.6. The largest absolute Gasteiger partial charge is 0.396 e. The van der Waals surface area contributed by atoms with Crippen molar-refractivity contribution in [3.05, 3.63) is 29.8 Å². The highest BCUT2D eigenvalue weighted by molar-refractivity contribution is 5.89. The molecular weight excluding hydrogens is 230 g/mol. The maximum absolute atomic E-state index is 11.6. The van der Waals surface area contributed by atoms with E-state index in [0.717, 1.165) is 0 Å². The minimum Gasteiger partial charge on any atom is -0.396 e. The molecule has 0 aromatic heterocycles. The summed E-state index contributed by atoms with van der Waals surface area (Å²) >= 11 is 0. The number of nitrogens with zero attached hydrogens (tertiary/aromatic N) is 1. The molecule has 0 saturated carbocycles. The zero-order chi connectivity index (χ0) is 13.6. The lowest BCUT2D eigenvalue weighted by Gasteiger charge is -2.21.